The Bertz CT molecular complexity index is 502. The van der Waals surface area contributed by atoms with Crippen molar-refractivity contribution >= 4 is 11.9 Å². The summed E-state index contributed by atoms with van der Waals surface area (Å²) in [5, 5.41) is 14.0. The minimum atomic E-state index is -0.356. The van der Waals surface area contributed by atoms with Crippen LogP contribution in [-0.4, -0.2) is 23.0 Å². The van der Waals surface area contributed by atoms with Crippen molar-refractivity contribution in [2.45, 2.75) is 78.8 Å². The molecule has 0 heterocycles. The summed E-state index contributed by atoms with van der Waals surface area (Å²) in [6.07, 6.45) is 4.52. The second kappa shape index (κ2) is 8.36. The lowest BCUT2D eigenvalue weighted by Gasteiger charge is -2.33. The van der Waals surface area contributed by atoms with E-state index in [2.05, 4.69) is 49.6 Å². The molecule has 0 spiro atoms. The third-order valence-corrected chi connectivity index (χ3v) is 4.34. The summed E-state index contributed by atoms with van der Waals surface area (Å²) in [5.74, 6) is 0.361. The van der Waals surface area contributed by atoms with Crippen LogP contribution in [0.3, 0.4) is 0 Å². The van der Waals surface area contributed by atoms with E-state index in [-0.39, 0.29) is 28.4 Å². The van der Waals surface area contributed by atoms with Crippen molar-refractivity contribution in [1.29, 1.82) is 5.41 Å². The number of aliphatic imine (C=N–C) groups is 1. The van der Waals surface area contributed by atoms with Crippen LogP contribution in [0.2, 0.25) is 0 Å². The first-order valence-electron chi connectivity index (χ1n) is 8.55. The van der Waals surface area contributed by atoms with Crippen molar-refractivity contribution in [2.24, 2.45) is 16.1 Å². The van der Waals surface area contributed by atoms with Gasteiger partial charge in [-0.3, -0.25) is 10.7 Å². The summed E-state index contributed by atoms with van der Waals surface area (Å²) >= 11 is 0. The monoisotopic (exact) mass is 335 g/mol. The number of guanidine groups is 2. The molecule has 0 aliphatic carbocycles. The van der Waals surface area contributed by atoms with Gasteiger partial charge in [-0.1, -0.05) is 45.4 Å². The molecule has 0 aliphatic heterocycles. The fourth-order valence-corrected chi connectivity index (χ4v) is 2.81. The van der Waals surface area contributed by atoms with Gasteiger partial charge in [0.05, 0.1) is 11.1 Å². The normalized spacial score (nSPS) is 15.4. The van der Waals surface area contributed by atoms with Crippen LogP contribution < -0.4 is 16.4 Å². The van der Waals surface area contributed by atoms with E-state index in [0.29, 0.717) is 0 Å². The van der Waals surface area contributed by atoms with Gasteiger partial charge in [0.2, 0.25) is 0 Å². The van der Waals surface area contributed by atoms with Crippen molar-refractivity contribution in [3.05, 3.63) is 24.8 Å². The Morgan fingerprint density at radius 2 is 1.79 bits per heavy atom. The Hall–Kier alpha value is -1.78. The molecule has 0 bridgehead atoms. The van der Waals surface area contributed by atoms with E-state index in [0.717, 1.165) is 24.8 Å². The van der Waals surface area contributed by atoms with Gasteiger partial charge in [0.15, 0.2) is 11.9 Å². The summed E-state index contributed by atoms with van der Waals surface area (Å²) in [4.78, 5) is 4.55. The number of nitrogens with one attached hydrogen (secondary N) is 3. The van der Waals surface area contributed by atoms with Crippen LogP contribution in [0.25, 0.3) is 0 Å². The zero-order valence-corrected chi connectivity index (χ0v) is 16.6. The SMILES string of the molecule is C=CC(C)(CCC)NC(=N)NC(N)=NC(C)(C)CC(C)(C)C(=C)C. The number of hydrogen-bond acceptors (Lipinski definition) is 2. The lowest BCUT2D eigenvalue weighted by atomic mass is 9.76. The number of nitrogens with two attached hydrogens (primary N) is 1. The highest BCUT2D eigenvalue weighted by molar-refractivity contribution is 5.96. The standard InChI is InChI=1S/C19H37N5/c1-10-12-19(9,11-2)24-16(21)22-15(20)23-18(7,8)13-17(5,6)14(3)4/h11H,2-3,10,12-13H2,1,4-9H3,(H5,20,21,22,23,24). The average Bonchev–Trinajstić information content (AvgIpc) is 2.35. The summed E-state index contributed by atoms with van der Waals surface area (Å²) in [7, 11) is 0. The van der Waals surface area contributed by atoms with Gasteiger partial charge < -0.3 is 11.1 Å². The first-order chi connectivity index (χ1) is 10.8. The van der Waals surface area contributed by atoms with Crippen LogP contribution in [0, 0.1) is 10.8 Å². The summed E-state index contributed by atoms with van der Waals surface area (Å²) < 4.78 is 0. The average molecular weight is 336 g/mol. The van der Waals surface area contributed by atoms with Crippen molar-refractivity contribution in [2.75, 3.05) is 0 Å². The Labute approximate surface area is 148 Å². The maximum atomic E-state index is 8.07. The highest BCUT2D eigenvalue weighted by atomic mass is 15.2. The number of hydrogen-bond donors (Lipinski definition) is 4. The minimum Gasteiger partial charge on any atom is -0.370 e. The predicted molar refractivity (Wildman–Crippen MR) is 106 cm³/mol. The third kappa shape index (κ3) is 7.66. The van der Waals surface area contributed by atoms with Crippen LogP contribution >= 0.6 is 0 Å². The summed E-state index contributed by atoms with van der Waals surface area (Å²) in [6, 6.07) is 0. The van der Waals surface area contributed by atoms with Crippen molar-refractivity contribution in [1.82, 2.24) is 10.6 Å². The fourth-order valence-electron chi connectivity index (χ4n) is 2.81. The van der Waals surface area contributed by atoms with Gasteiger partial charge in [0.25, 0.3) is 0 Å². The van der Waals surface area contributed by atoms with E-state index in [1.807, 2.05) is 33.8 Å². The van der Waals surface area contributed by atoms with Gasteiger partial charge in [-0.15, -0.1) is 6.58 Å². The summed E-state index contributed by atoms with van der Waals surface area (Å²) in [5.41, 5.74) is 6.40. The van der Waals surface area contributed by atoms with Gasteiger partial charge in [0.1, 0.15) is 0 Å². The molecule has 0 rings (SSSR count). The maximum Gasteiger partial charge on any atom is 0.195 e. The molecule has 5 heteroatoms. The van der Waals surface area contributed by atoms with Gasteiger partial charge in [0, 0.05) is 0 Å². The Kier molecular flexibility index (Phi) is 7.74. The molecule has 24 heavy (non-hydrogen) atoms. The molecule has 5 nitrogen and oxygen atoms in total. The molecule has 138 valence electrons. The zero-order valence-electron chi connectivity index (χ0n) is 16.6. The fraction of sp³-hybridized carbons (Fsp3) is 0.684. The van der Waals surface area contributed by atoms with E-state index in [1.54, 1.807) is 0 Å². The third-order valence-electron chi connectivity index (χ3n) is 4.34. The number of allylic oxidation sites excluding steroid dienone is 1. The molecule has 0 saturated carbocycles. The summed E-state index contributed by atoms with van der Waals surface area (Å²) in [6.45, 7) is 22.4. The van der Waals surface area contributed by atoms with Crippen LogP contribution in [0.1, 0.15) is 67.7 Å². The van der Waals surface area contributed by atoms with Gasteiger partial charge >= 0.3 is 0 Å². The largest absolute Gasteiger partial charge is 0.370 e. The van der Waals surface area contributed by atoms with Crippen LogP contribution in [0.4, 0.5) is 0 Å². The molecule has 0 amide bonds. The second-order valence-corrected chi connectivity index (χ2v) is 8.15. The number of rotatable bonds is 8. The number of nitrogens with zero attached hydrogens (tertiary/aromatic N) is 1. The minimum absolute atomic E-state index is 0.0262. The zero-order chi connectivity index (χ0) is 19.2. The molecular formula is C19H37N5. The van der Waals surface area contributed by atoms with E-state index in [1.165, 1.54) is 0 Å². The second-order valence-electron chi connectivity index (χ2n) is 8.15. The molecule has 0 radical (unpaired) electrons. The van der Waals surface area contributed by atoms with Crippen LogP contribution in [0.15, 0.2) is 29.8 Å². The highest BCUT2D eigenvalue weighted by Crippen LogP contribution is 2.35. The molecule has 0 saturated heterocycles. The van der Waals surface area contributed by atoms with E-state index < -0.39 is 0 Å². The first kappa shape index (κ1) is 22.2. The molecule has 0 aromatic rings. The smallest absolute Gasteiger partial charge is 0.195 e. The molecule has 0 aromatic heterocycles. The molecule has 1 atom stereocenters. The molecular weight excluding hydrogens is 298 g/mol. The highest BCUT2D eigenvalue weighted by Gasteiger charge is 2.29. The Morgan fingerprint density at radius 3 is 2.21 bits per heavy atom. The topological polar surface area (TPSA) is 86.3 Å². The first-order valence-corrected chi connectivity index (χ1v) is 8.55. The predicted octanol–water partition coefficient (Wildman–Crippen LogP) is 3.93. The molecule has 0 aliphatic rings. The Balaban J connectivity index is 4.93. The van der Waals surface area contributed by atoms with E-state index in [9.17, 15) is 0 Å². The van der Waals surface area contributed by atoms with Crippen molar-refractivity contribution in [3.63, 3.8) is 0 Å². The molecule has 1 unspecified atom stereocenters. The van der Waals surface area contributed by atoms with Crippen molar-refractivity contribution < 1.29 is 0 Å². The maximum absolute atomic E-state index is 8.07. The lowest BCUT2D eigenvalue weighted by molar-refractivity contribution is 0.309. The van der Waals surface area contributed by atoms with Gasteiger partial charge in [-0.25, -0.2) is 4.99 Å². The van der Waals surface area contributed by atoms with Crippen molar-refractivity contribution in [3.8, 4) is 0 Å². The lowest BCUT2D eigenvalue weighted by Crippen LogP contribution is -2.53. The quantitative estimate of drug-likeness (QED) is 0.308. The Morgan fingerprint density at radius 1 is 1.25 bits per heavy atom. The molecule has 0 fully saturated rings. The van der Waals surface area contributed by atoms with Gasteiger partial charge in [-0.2, -0.15) is 0 Å². The molecule has 5 N–H and O–H groups in total. The van der Waals surface area contributed by atoms with E-state index in [4.69, 9.17) is 11.1 Å². The van der Waals surface area contributed by atoms with E-state index >= 15 is 0 Å². The molecule has 0 aromatic carbocycles. The van der Waals surface area contributed by atoms with Crippen LogP contribution in [0.5, 0.6) is 0 Å². The van der Waals surface area contributed by atoms with Crippen LogP contribution in [-0.2, 0) is 0 Å². The van der Waals surface area contributed by atoms with Gasteiger partial charge in [-0.05, 0) is 46.0 Å².